The summed E-state index contributed by atoms with van der Waals surface area (Å²) in [6, 6.07) is 0.572. The Balaban J connectivity index is 2.03. The van der Waals surface area contributed by atoms with E-state index in [0.29, 0.717) is 12.1 Å². The van der Waals surface area contributed by atoms with Crippen LogP contribution in [0.1, 0.15) is 33.6 Å². The van der Waals surface area contributed by atoms with Gasteiger partial charge in [0.15, 0.2) is 0 Å². The van der Waals surface area contributed by atoms with Crippen molar-refractivity contribution in [3.63, 3.8) is 0 Å². The van der Waals surface area contributed by atoms with E-state index in [1.54, 1.807) is 0 Å². The van der Waals surface area contributed by atoms with Crippen LogP contribution in [0.15, 0.2) is 0 Å². The Hall–Kier alpha value is -0.120. The number of ether oxygens (including phenoxy) is 2. The fourth-order valence-electron chi connectivity index (χ4n) is 1.76. The van der Waals surface area contributed by atoms with Crippen LogP contribution in [0, 0.1) is 0 Å². The fourth-order valence-corrected chi connectivity index (χ4v) is 1.76. The van der Waals surface area contributed by atoms with E-state index in [9.17, 15) is 0 Å². The van der Waals surface area contributed by atoms with Crippen LogP contribution in [0.5, 0.6) is 0 Å². The first kappa shape index (κ1) is 12.9. The summed E-state index contributed by atoms with van der Waals surface area (Å²) in [4.78, 5) is 2.49. The normalized spacial score (nSPS) is 25.4. The molecule has 1 rings (SSSR count). The third kappa shape index (κ3) is 4.96. The van der Waals surface area contributed by atoms with Crippen molar-refractivity contribution in [1.29, 1.82) is 0 Å². The van der Waals surface area contributed by atoms with E-state index >= 15 is 0 Å². The second kappa shape index (κ2) is 7.20. The third-order valence-corrected chi connectivity index (χ3v) is 3.07. The molecule has 90 valence electrons. The molecule has 0 N–H and O–H groups in total. The van der Waals surface area contributed by atoms with Crippen LogP contribution in [0.25, 0.3) is 0 Å². The quantitative estimate of drug-likeness (QED) is 0.632. The average Bonchev–Trinajstić information content (AvgIpc) is 2.26. The van der Waals surface area contributed by atoms with Crippen molar-refractivity contribution < 1.29 is 9.47 Å². The lowest BCUT2D eigenvalue weighted by Crippen LogP contribution is -2.44. The van der Waals surface area contributed by atoms with Gasteiger partial charge in [0.25, 0.3) is 0 Å². The summed E-state index contributed by atoms with van der Waals surface area (Å²) >= 11 is 0. The van der Waals surface area contributed by atoms with Gasteiger partial charge in [-0.15, -0.1) is 0 Å². The van der Waals surface area contributed by atoms with E-state index in [0.717, 1.165) is 45.8 Å². The molecule has 2 atom stereocenters. The number of morpholine rings is 1. The number of rotatable bonds is 6. The van der Waals surface area contributed by atoms with Crippen LogP contribution in [0.3, 0.4) is 0 Å². The highest BCUT2D eigenvalue weighted by Gasteiger charge is 2.17. The molecule has 0 aromatic rings. The summed E-state index contributed by atoms with van der Waals surface area (Å²) in [5.41, 5.74) is 0. The summed E-state index contributed by atoms with van der Waals surface area (Å²) < 4.78 is 11.1. The van der Waals surface area contributed by atoms with Gasteiger partial charge in [-0.3, -0.25) is 4.90 Å². The zero-order valence-electron chi connectivity index (χ0n) is 10.4. The third-order valence-electron chi connectivity index (χ3n) is 3.07. The summed E-state index contributed by atoms with van der Waals surface area (Å²) in [7, 11) is 0. The van der Waals surface area contributed by atoms with Gasteiger partial charge in [-0.05, 0) is 26.7 Å². The molecule has 1 aliphatic rings. The van der Waals surface area contributed by atoms with E-state index in [4.69, 9.17) is 9.47 Å². The molecule has 0 amide bonds. The van der Waals surface area contributed by atoms with Crippen LogP contribution in [0.4, 0.5) is 0 Å². The van der Waals surface area contributed by atoms with Gasteiger partial charge in [-0.2, -0.15) is 0 Å². The molecule has 0 aliphatic carbocycles. The van der Waals surface area contributed by atoms with E-state index in [1.165, 1.54) is 0 Å². The van der Waals surface area contributed by atoms with E-state index in [1.807, 2.05) is 0 Å². The highest BCUT2D eigenvalue weighted by Crippen LogP contribution is 2.07. The molecule has 0 aromatic carbocycles. The lowest BCUT2D eigenvalue weighted by Gasteiger charge is -2.33. The first-order valence-corrected chi connectivity index (χ1v) is 6.17. The maximum atomic E-state index is 5.66. The Labute approximate surface area is 93.7 Å². The fraction of sp³-hybridized carbons (Fsp3) is 1.00. The average molecular weight is 215 g/mol. The standard InChI is InChI=1S/C12H25NO2/c1-4-12(3)15-8-5-6-13-7-9-14-10-11(13)2/h11-12H,4-10H2,1-3H3. The maximum absolute atomic E-state index is 5.66. The number of hydrogen-bond donors (Lipinski definition) is 0. The van der Waals surface area contributed by atoms with Crippen LogP contribution in [-0.2, 0) is 9.47 Å². The topological polar surface area (TPSA) is 21.7 Å². The Morgan fingerprint density at radius 1 is 1.53 bits per heavy atom. The Kier molecular flexibility index (Phi) is 6.22. The van der Waals surface area contributed by atoms with Gasteiger partial charge in [0, 0.05) is 25.7 Å². The minimum Gasteiger partial charge on any atom is -0.379 e. The first-order valence-electron chi connectivity index (χ1n) is 6.17. The molecule has 0 aromatic heterocycles. The highest BCUT2D eigenvalue weighted by molar-refractivity contribution is 4.70. The van der Waals surface area contributed by atoms with Gasteiger partial charge in [0.05, 0.1) is 19.3 Å². The lowest BCUT2D eigenvalue weighted by molar-refractivity contribution is -0.00799. The zero-order valence-corrected chi connectivity index (χ0v) is 10.4. The highest BCUT2D eigenvalue weighted by atomic mass is 16.5. The van der Waals surface area contributed by atoms with Crippen LogP contribution in [-0.4, -0.2) is 50.0 Å². The lowest BCUT2D eigenvalue weighted by atomic mass is 10.2. The Bertz CT molecular complexity index is 164. The molecule has 0 spiro atoms. The Morgan fingerprint density at radius 2 is 2.33 bits per heavy atom. The number of hydrogen-bond acceptors (Lipinski definition) is 3. The van der Waals surface area contributed by atoms with Gasteiger partial charge >= 0.3 is 0 Å². The molecule has 1 saturated heterocycles. The zero-order chi connectivity index (χ0) is 11.1. The minimum absolute atomic E-state index is 0.409. The van der Waals surface area contributed by atoms with Crippen LogP contribution < -0.4 is 0 Å². The van der Waals surface area contributed by atoms with E-state index in [2.05, 4.69) is 25.7 Å². The smallest absolute Gasteiger partial charge is 0.0619 e. The summed E-state index contributed by atoms with van der Waals surface area (Å²) in [6.07, 6.45) is 2.65. The summed E-state index contributed by atoms with van der Waals surface area (Å²) in [5.74, 6) is 0. The molecule has 3 nitrogen and oxygen atoms in total. The van der Waals surface area contributed by atoms with Crippen molar-refractivity contribution >= 4 is 0 Å². The Morgan fingerprint density at radius 3 is 3.00 bits per heavy atom. The van der Waals surface area contributed by atoms with Crippen molar-refractivity contribution in [2.75, 3.05) is 32.9 Å². The van der Waals surface area contributed by atoms with Gasteiger partial charge < -0.3 is 9.47 Å². The molecule has 15 heavy (non-hydrogen) atoms. The minimum atomic E-state index is 0.409. The molecular formula is C12H25NO2. The SMILES string of the molecule is CCC(C)OCCCN1CCOCC1C. The number of nitrogens with zero attached hydrogens (tertiary/aromatic N) is 1. The predicted molar refractivity (Wildman–Crippen MR) is 62.2 cm³/mol. The van der Waals surface area contributed by atoms with Crippen molar-refractivity contribution in [2.24, 2.45) is 0 Å². The van der Waals surface area contributed by atoms with Gasteiger partial charge in [-0.25, -0.2) is 0 Å². The van der Waals surface area contributed by atoms with Crippen molar-refractivity contribution in [2.45, 2.75) is 45.8 Å². The molecule has 0 radical (unpaired) electrons. The summed E-state index contributed by atoms with van der Waals surface area (Å²) in [5, 5.41) is 0. The second-order valence-corrected chi connectivity index (χ2v) is 4.40. The maximum Gasteiger partial charge on any atom is 0.0619 e. The van der Waals surface area contributed by atoms with Crippen LogP contribution >= 0.6 is 0 Å². The van der Waals surface area contributed by atoms with E-state index in [-0.39, 0.29) is 0 Å². The van der Waals surface area contributed by atoms with E-state index < -0.39 is 0 Å². The molecule has 2 unspecified atom stereocenters. The molecule has 1 aliphatic heterocycles. The van der Waals surface area contributed by atoms with Crippen molar-refractivity contribution in [3.8, 4) is 0 Å². The van der Waals surface area contributed by atoms with Gasteiger partial charge in [0.2, 0.25) is 0 Å². The van der Waals surface area contributed by atoms with Gasteiger partial charge in [-0.1, -0.05) is 6.92 Å². The van der Waals surface area contributed by atoms with Crippen LogP contribution in [0.2, 0.25) is 0 Å². The molecule has 1 fully saturated rings. The largest absolute Gasteiger partial charge is 0.379 e. The van der Waals surface area contributed by atoms with Gasteiger partial charge in [0.1, 0.15) is 0 Å². The molecule has 0 saturated carbocycles. The monoisotopic (exact) mass is 215 g/mol. The molecule has 0 bridgehead atoms. The summed E-state index contributed by atoms with van der Waals surface area (Å²) in [6.45, 7) is 11.4. The molecule has 1 heterocycles. The van der Waals surface area contributed by atoms with Crippen molar-refractivity contribution in [3.05, 3.63) is 0 Å². The first-order chi connectivity index (χ1) is 7.24. The molecule has 3 heteroatoms. The molecular weight excluding hydrogens is 190 g/mol. The van der Waals surface area contributed by atoms with Crippen molar-refractivity contribution in [1.82, 2.24) is 4.90 Å². The second-order valence-electron chi connectivity index (χ2n) is 4.40. The predicted octanol–water partition coefficient (Wildman–Crippen LogP) is 1.91.